The summed E-state index contributed by atoms with van der Waals surface area (Å²) < 4.78 is 5.08. The van der Waals surface area contributed by atoms with Crippen LogP contribution in [0.25, 0.3) is 11.3 Å². The van der Waals surface area contributed by atoms with E-state index < -0.39 is 0 Å². The van der Waals surface area contributed by atoms with Crippen molar-refractivity contribution in [3.8, 4) is 11.3 Å². The molecule has 3 nitrogen and oxygen atoms in total. The van der Waals surface area contributed by atoms with E-state index in [4.69, 9.17) is 4.74 Å². The Morgan fingerprint density at radius 2 is 2.00 bits per heavy atom. The van der Waals surface area contributed by atoms with E-state index in [9.17, 15) is 4.79 Å². The molecule has 94 valence electrons. The van der Waals surface area contributed by atoms with E-state index in [0.717, 1.165) is 22.5 Å². The number of carbonyl (C=O) groups excluding carboxylic acids is 1. The molecule has 1 N–H and O–H groups in total. The van der Waals surface area contributed by atoms with Gasteiger partial charge in [0.15, 0.2) is 0 Å². The molecular formula is C15H17NO2. The van der Waals surface area contributed by atoms with Crippen LogP contribution in [0.3, 0.4) is 0 Å². The molecule has 0 amide bonds. The second-order valence-electron chi connectivity index (χ2n) is 4.28. The highest BCUT2D eigenvalue weighted by Crippen LogP contribution is 2.27. The van der Waals surface area contributed by atoms with Crippen LogP contribution in [0.4, 0.5) is 0 Å². The van der Waals surface area contributed by atoms with Gasteiger partial charge in [-0.1, -0.05) is 24.3 Å². The Morgan fingerprint density at radius 3 is 2.67 bits per heavy atom. The average molecular weight is 243 g/mol. The Bertz CT molecular complexity index is 570. The van der Waals surface area contributed by atoms with Crippen LogP contribution < -0.4 is 0 Å². The zero-order valence-corrected chi connectivity index (χ0v) is 10.9. The van der Waals surface area contributed by atoms with E-state index >= 15 is 0 Å². The van der Waals surface area contributed by atoms with Gasteiger partial charge in [-0.15, -0.1) is 0 Å². The number of benzene rings is 1. The molecular weight excluding hydrogens is 226 g/mol. The van der Waals surface area contributed by atoms with Gasteiger partial charge >= 0.3 is 5.97 Å². The lowest BCUT2D eigenvalue weighted by molar-refractivity contribution is 0.0527. The Labute approximate surface area is 107 Å². The standard InChI is InChI=1S/C15H17NO2/c1-4-18-15(17)13-9-11(3)16-14(13)12-8-6-5-7-10(12)2/h5-9,16H,4H2,1-3H3. The van der Waals surface area contributed by atoms with E-state index in [1.54, 1.807) is 0 Å². The van der Waals surface area contributed by atoms with Gasteiger partial charge in [-0.05, 0) is 32.4 Å². The van der Waals surface area contributed by atoms with Crippen LogP contribution in [0.5, 0.6) is 0 Å². The zero-order chi connectivity index (χ0) is 13.1. The summed E-state index contributed by atoms with van der Waals surface area (Å²) in [5.41, 5.74) is 4.56. The Hall–Kier alpha value is -2.03. The van der Waals surface area contributed by atoms with Crippen LogP contribution in [-0.4, -0.2) is 17.6 Å². The normalized spacial score (nSPS) is 10.4. The highest BCUT2D eigenvalue weighted by atomic mass is 16.5. The summed E-state index contributed by atoms with van der Waals surface area (Å²) >= 11 is 0. The molecule has 1 aromatic heterocycles. The fourth-order valence-corrected chi connectivity index (χ4v) is 2.02. The molecule has 0 aliphatic rings. The first-order valence-corrected chi connectivity index (χ1v) is 6.06. The van der Waals surface area contributed by atoms with Crippen LogP contribution >= 0.6 is 0 Å². The molecule has 0 atom stereocenters. The first kappa shape index (κ1) is 12.4. The Morgan fingerprint density at radius 1 is 1.28 bits per heavy atom. The summed E-state index contributed by atoms with van der Waals surface area (Å²) in [4.78, 5) is 15.2. The smallest absolute Gasteiger partial charge is 0.340 e. The molecule has 0 aliphatic carbocycles. The van der Waals surface area contributed by atoms with Crippen LogP contribution in [0.15, 0.2) is 30.3 Å². The van der Waals surface area contributed by atoms with Gasteiger partial charge in [0.2, 0.25) is 0 Å². The topological polar surface area (TPSA) is 42.1 Å². The molecule has 1 heterocycles. The first-order valence-electron chi connectivity index (χ1n) is 6.06. The van der Waals surface area contributed by atoms with E-state index in [2.05, 4.69) is 4.98 Å². The van der Waals surface area contributed by atoms with Crippen molar-refractivity contribution in [2.45, 2.75) is 20.8 Å². The summed E-state index contributed by atoms with van der Waals surface area (Å²) in [7, 11) is 0. The highest BCUT2D eigenvalue weighted by molar-refractivity contribution is 5.97. The first-order chi connectivity index (χ1) is 8.63. The predicted octanol–water partition coefficient (Wildman–Crippen LogP) is 3.48. The van der Waals surface area contributed by atoms with Gasteiger partial charge in [-0.3, -0.25) is 0 Å². The molecule has 0 saturated heterocycles. The van der Waals surface area contributed by atoms with Gasteiger partial charge in [-0.2, -0.15) is 0 Å². The fourth-order valence-electron chi connectivity index (χ4n) is 2.02. The maximum atomic E-state index is 11.9. The van der Waals surface area contributed by atoms with Crippen LogP contribution in [0.2, 0.25) is 0 Å². The fraction of sp³-hybridized carbons (Fsp3) is 0.267. The van der Waals surface area contributed by atoms with Gasteiger partial charge in [0.1, 0.15) is 0 Å². The minimum absolute atomic E-state index is 0.278. The lowest BCUT2D eigenvalue weighted by Gasteiger charge is -2.06. The molecule has 2 aromatic rings. The van der Waals surface area contributed by atoms with Crippen molar-refractivity contribution in [2.75, 3.05) is 6.61 Å². The van der Waals surface area contributed by atoms with Crippen molar-refractivity contribution in [3.63, 3.8) is 0 Å². The Kier molecular flexibility index (Phi) is 3.51. The molecule has 2 rings (SSSR count). The van der Waals surface area contributed by atoms with Gasteiger partial charge in [0.25, 0.3) is 0 Å². The molecule has 0 radical (unpaired) electrons. The van der Waals surface area contributed by atoms with Crippen molar-refractivity contribution < 1.29 is 9.53 Å². The van der Waals surface area contributed by atoms with Crippen LogP contribution in [0.1, 0.15) is 28.5 Å². The number of ether oxygens (including phenoxy) is 1. The number of esters is 1. The SMILES string of the molecule is CCOC(=O)c1cc(C)[nH]c1-c1ccccc1C. The number of carbonyl (C=O) groups is 1. The zero-order valence-electron chi connectivity index (χ0n) is 10.9. The number of nitrogens with one attached hydrogen (secondary N) is 1. The number of rotatable bonds is 3. The number of hydrogen-bond acceptors (Lipinski definition) is 2. The number of aromatic nitrogens is 1. The third-order valence-corrected chi connectivity index (χ3v) is 2.86. The molecule has 0 bridgehead atoms. The number of H-pyrrole nitrogens is 1. The van der Waals surface area contributed by atoms with Crippen molar-refractivity contribution in [1.82, 2.24) is 4.98 Å². The van der Waals surface area contributed by atoms with Gasteiger partial charge in [-0.25, -0.2) is 4.79 Å². The van der Waals surface area contributed by atoms with Crippen LogP contribution in [-0.2, 0) is 4.74 Å². The molecule has 3 heteroatoms. The molecule has 0 aliphatic heterocycles. The molecule has 0 saturated carbocycles. The van der Waals surface area contributed by atoms with Crippen molar-refractivity contribution in [2.24, 2.45) is 0 Å². The van der Waals surface area contributed by atoms with Crippen molar-refractivity contribution >= 4 is 5.97 Å². The highest BCUT2D eigenvalue weighted by Gasteiger charge is 2.17. The molecule has 0 spiro atoms. The number of hydrogen-bond donors (Lipinski definition) is 1. The average Bonchev–Trinajstić information content (AvgIpc) is 2.72. The monoisotopic (exact) mass is 243 g/mol. The molecule has 0 unspecified atom stereocenters. The second kappa shape index (κ2) is 5.08. The lowest BCUT2D eigenvalue weighted by atomic mass is 10.0. The third kappa shape index (κ3) is 2.30. The van der Waals surface area contributed by atoms with E-state index in [-0.39, 0.29) is 5.97 Å². The van der Waals surface area contributed by atoms with Gasteiger partial charge in [0, 0.05) is 11.3 Å². The van der Waals surface area contributed by atoms with E-state index in [1.807, 2.05) is 51.1 Å². The molecule has 18 heavy (non-hydrogen) atoms. The molecule has 1 aromatic carbocycles. The van der Waals surface area contributed by atoms with Crippen molar-refractivity contribution in [3.05, 3.63) is 47.2 Å². The van der Waals surface area contributed by atoms with E-state index in [1.165, 1.54) is 0 Å². The largest absolute Gasteiger partial charge is 0.462 e. The van der Waals surface area contributed by atoms with Crippen LogP contribution in [0, 0.1) is 13.8 Å². The van der Waals surface area contributed by atoms with Crippen molar-refractivity contribution in [1.29, 1.82) is 0 Å². The maximum Gasteiger partial charge on any atom is 0.340 e. The lowest BCUT2D eigenvalue weighted by Crippen LogP contribution is -2.05. The minimum atomic E-state index is -0.278. The summed E-state index contributed by atoms with van der Waals surface area (Å²) in [5, 5.41) is 0. The summed E-state index contributed by atoms with van der Waals surface area (Å²) in [6, 6.07) is 9.82. The summed E-state index contributed by atoms with van der Waals surface area (Å²) in [5.74, 6) is -0.278. The quantitative estimate of drug-likeness (QED) is 0.839. The predicted molar refractivity (Wildman–Crippen MR) is 71.7 cm³/mol. The minimum Gasteiger partial charge on any atom is -0.462 e. The third-order valence-electron chi connectivity index (χ3n) is 2.86. The van der Waals surface area contributed by atoms with Gasteiger partial charge in [0.05, 0.1) is 17.9 Å². The summed E-state index contributed by atoms with van der Waals surface area (Å²) in [6.45, 7) is 6.16. The van der Waals surface area contributed by atoms with E-state index in [0.29, 0.717) is 12.2 Å². The maximum absolute atomic E-state index is 11.9. The Balaban J connectivity index is 2.51. The molecule has 0 fully saturated rings. The van der Waals surface area contributed by atoms with Gasteiger partial charge < -0.3 is 9.72 Å². The second-order valence-corrected chi connectivity index (χ2v) is 4.28. The number of aryl methyl sites for hydroxylation is 2. The number of aromatic amines is 1. The summed E-state index contributed by atoms with van der Waals surface area (Å²) in [6.07, 6.45) is 0.